The van der Waals surface area contributed by atoms with Crippen LogP contribution in [0.3, 0.4) is 0 Å². The van der Waals surface area contributed by atoms with E-state index in [2.05, 4.69) is 9.97 Å². The van der Waals surface area contributed by atoms with Crippen molar-refractivity contribution in [3.05, 3.63) is 95.6 Å². The van der Waals surface area contributed by atoms with Crippen molar-refractivity contribution in [2.75, 3.05) is 4.90 Å². The van der Waals surface area contributed by atoms with Gasteiger partial charge in [-0.15, -0.1) is 0 Å². The number of carbonyl (C=O) groups is 2. The molecule has 0 spiro atoms. The van der Waals surface area contributed by atoms with Gasteiger partial charge in [0.25, 0.3) is 5.78 Å². The Morgan fingerprint density at radius 3 is 2.36 bits per heavy atom. The lowest BCUT2D eigenvalue weighted by atomic mass is 9.95. The number of halogens is 1. The monoisotopic (exact) mass is 375 g/mol. The van der Waals surface area contributed by atoms with Gasteiger partial charge >= 0.3 is 5.91 Å². The van der Waals surface area contributed by atoms with Crippen LogP contribution in [0.15, 0.2) is 78.6 Å². The highest BCUT2D eigenvalue weighted by Crippen LogP contribution is 2.40. The summed E-state index contributed by atoms with van der Waals surface area (Å²) in [7, 11) is 0. The number of anilines is 1. The number of ketones is 1. The van der Waals surface area contributed by atoms with Gasteiger partial charge in [-0.05, 0) is 23.8 Å². The van der Waals surface area contributed by atoms with E-state index in [1.807, 2.05) is 0 Å². The number of Topliss-reactive ketones (excluding diaryl/α,β-unsaturated/α-hetero) is 1. The van der Waals surface area contributed by atoms with Crippen molar-refractivity contribution in [3.63, 3.8) is 0 Å². The third kappa shape index (κ3) is 2.92. The van der Waals surface area contributed by atoms with Crippen LogP contribution in [0.2, 0.25) is 0 Å². The normalized spacial score (nSPS) is 18.5. The van der Waals surface area contributed by atoms with E-state index in [1.54, 1.807) is 42.5 Å². The number of hydrogen-bond donors (Lipinski definition) is 1. The topological polar surface area (TPSA) is 83.4 Å². The zero-order valence-corrected chi connectivity index (χ0v) is 14.5. The molecule has 28 heavy (non-hydrogen) atoms. The number of nitrogens with zero attached hydrogens (tertiary/aromatic N) is 3. The molecule has 3 aromatic rings. The van der Waals surface area contributed by atoms with Crippen molar-refractivity contribution in [3.8, 4) is 0 Å². The molecular weight excluding hydrogens is 361 g/mol. The average Bonchev–Trinajstić information content (AvgIpc) is 3.00. The molecule has 4 rings (SSSR count). The minimum atomic E-state index is -1.06. The highest BCUT2D eigenvalue weighted by atomic mass is 19.1. The molecule has 1 aliphatic heterocycles. The fourth-order valence-corrected chi connectivity index (χ4v) is 3.20. The van der Waals surface area contributed by atoms with Crippen molar-refractivity contribution in [2.45, 2.75) is 6.04 Å². The van der Waals surface area contributed by atoms with Crippen LogP contribution in [0.1, 0.15) is 17.2 Å². The van der Waals surface area contributed by atoms with Crippen LogP contribution in [0, 0.1) is 5.82 Å². The average molecular weight is 375 g/mol. The van der Waals surface area contributed by atoms with E-state index in [-0.39, 0.29) is 17.3 Å². The molecule has 1 amide bonds. The number of benzene rings is 2. The van der Waals surface area contributed by atoms with Gasteiger partial charge in [-0.25, -0.2) is 14.4 Å². The van der Waals surface area contributed by atoms with Gasteiger partial charge in [-0.2, -0.15) is 0 Å². The maximum absolute atomic E-state index is 13.9. The SMILES string of the molecule is O=C1C(=O)N(c2ncccn2)[C@@H](c2cccc(F)c2)C1=C(O)c1ccccc1. The Morgan fingerprint density at radius 1 is 0.964 bits per heavy atom. The highest BCUT2D eigenvalue weighted by molar-refractivity contribution is 6.51. The molecule has 1 fully saturated rings. The third-order valence-corrected chi connectivity index (χ3v) is 4.42. The highest BCUT2D eigenvalue weighted by Gasteiger charge is 2.48. The molecule has 2 heterocycles. The predicted molar refractivity (Wildman–Crippen MR) is 99.7 cm³/mol. The zero-order valence-electron chi connectivity index (χ0n) is 14.5. The maximum atomic E-state index is 13.9. The fourth-order valence-electron chi connectivity index (χ4n) is 3.20. The Hall–Kier alpha value is -3.87. The van der Waals surface area contributed by atoms with Gasteiger partial charge in [0.1, 0.15) is 11.6 Å². The standard InChI is InChI=1S/C21H14FN3O3/c22-15-9-4-8-14(12-15)17-16(18(26)13-6-2-1-3-7-13)19(27)20(28)25(17)21-23-10-5-11-24-21/h1-12,17,26H/t17-/m0/s1. The lowest BCUT2D eigenvalue weighted by Crippen LogP contribution is -2.31. The summed E-state index contributed by atoms with van der Waals surface area (Å²) >= 11 is 0. The zero-order chi connectivity index (χ0) is 19.7. The molecule has 6 nitrogen and oxygen atoms in total. The molecule has 1 atom stereocenters. The smallest absolute Gasteiger partial charge is 0.302 e. The van der Waals surface area contributed by atoms with Crippen molar-refractivity contribution in [1.29, 1.82) is 0 Å². The first-order valence-electron chi connectivity index (χ1n) is 8.47. The second kappa shape index (κ2) is 7.03. The fraction of sp³-hybridized carbons (Fsp3) is 0.0476. The van der Waals surface area contributed by atoms with E-state index >= 15 is 0 Å². The van der Waals surface area contributed by atoms with Crippen LogP contribution in [-0.4, -0.2) is 26.8 Å². The van der Waals surface area contributed by atoms with Gasteiger partial charge in [-0.1, -0.05) is 42.5 Å². The van der Waals surface area contributed by atoms with Crippen LogP contribution >= 0.6 is 0 Å². The molecule has 1 saturated heterocycles. The largest absolute Gasteiger partial charge is 0.507 e. The van der Waals surface area contributed by atoms with Gasteiger partial charge in [0.2, 0.25) is 5.95 Å². The van der Waals surface area contributed by atoms with Crippen molar-refractivity contribution in [1.82, 2.24) is 9.97 Å². The number of amides is 1. The quantitative estimate of drug-likeness (QED) is 0.432. The molecule has 0 unspecified atom stereocenters. The Bertz CT molecular complexity index is 1080. The van der Waals surface area contributed by atoms with Crippen LogP contribution in [-0.2, 0) is 9.59 Å². The lowest BCUT2D eigenvalue weighted by molar-refractivity contribution is -0.132. The molecular formula is C21H14FN3O3. The Labute approximate surface area is 159 Å². The number of hydrogen-bond acceptors (Lipinski definition) is 5. The van der Waals surface area contributed by atoms with Gasteiger partial charge < -0.3 is 5.11 Å². The molecule has 7 heteroatoms. The Morgan fingerprint density at radius 2 is 1.68 bits per heavy atom. The molecule has 1 N–H and O–H groups in total. The summed E-state index contributed by atoms with van der Waals surface area (Å²) in [5, 5.41) is 10.8. The minimum Gasteiger partial charge on any atom is -0.507 e. The maximum Gasteiger partial charge on any atom is 0.302 e. The van der Waals surface area contributed by atoms with Gasteiger partial charge in [-0.3, -0.25) is 14.5 Å². The van der Waals surface area contributed by atoms with Gasteiger partial charge in [0.15, 0.2) is 0 Å². The number of aliphatic hydroxyl groups excluding tert-OH is 1. The van der Waals surface area contributed by atoms with Crippen molar-refractivity contribution >= 4 is 23.4 Å². The number of rotatable bonds is 3. The van der Waals surface area contributed by atoms with E-state index < -0.39 is 23.5 Å². The summed E-state index contributed by atoms with van der Waals surface area (Å²) in [5.41, 5.74) is 0.550. The molecule has 0 saturated carbocycles. The lowest BCUT2D eigenvalue weighted by Gasteiger charge is -2.23. The summed E-state index contributed by atoms with van der Waals surface area (Å²) in [4.78, 5) is 34.8. The van der Waals surface area contributed by atoms with Gasteiger partial charge in [0.05, 0.1) is 11.6 Å². The van der Waals surface area contributed by atoms with Gasteiger partial charge in [0, 0.05) is 18.0 Å². The Kier molecular flexibility index (Phi) is 4.41. The molecule has 1 aliphatic rings. The third-order valence-electron chi connectivity index (χ3n) is 4.42. The van der Waals surface area contributed by atoms with Crippen molar-refractivity contribution < 1.29 is 19.1 Å². The number of aliphatic hydroxyl groups is 1. The van der Waals surface area contributed by atoms with E-state index in [0.29, 0.717) is 11.1 Å². The minimum absolute atomic E-state index is 0.00836. The molecule has 2 aromatic carbocycles. The van der Waals surface area contributed by atoms with E-state index in [0.717, 1.165) is 4.90 Å². The second-order valence-electron chi connectivity index (χ2n) is 6.14. The first-order chi connectivity index (χ1) is 13.6. The number of aromatic nitrogens is 2. The molecule has 0 aliphatic carbocycles. The summed E-state index contributed by atoms with van der Waals surface area (Å²) in [6.07, 6.45) is 2.86. The Balaban J connectivity index is 1.96. The van der Waals surface area contributed by atoms with Crippen LogP contribution < -0.4 is 4.90 Å². The second-order valence-corrected chi connectivity index (χ2v) is 6.14. The molecule has 0 radical (unpaired) electrons. The van der Waals surface area contributed by atoms with E-state index in [9.17, 15) is 19.1 Å². The molecule has 1 aromatic heterocycles. The molecule has 0 bridgehead atoms. The summed E-state index contributed by atoms with van der Waals surface area (Å²) in [6.45, 7) is 0. The van der Waals surface area contributed by atoms with Crippen LogP contribution in [0.5, 0.6) is 0 Å². The van der Waals surface area contributed by atoms with Crippen molar-refractivity contribution in [2.24, 2.45) is 0 Å². The van der Waals surface area contributed by atoms with E-state index in [1.165, 1.54) is 30.6 Å². The summed E-state index contributed by atoms with van der Waals surface area (Å²) in [5.74, 6) is -2.66. The first kappa shape index (κ1) is 17.5. The predicted octanol–water partition coefficient (Wildman–Crippen LogP) is 3.24. The molecule has 138 valence electrons. The summed E-state index contributed by atoms with van der Waals surface area (Å²) in [6, 6.07) is 14.4. The van der Waals surface area contributed by atoms with Crippen LogP contribution in [0.25, 0.3) is 5.76 Å². The van der Waals surface area contributed by atoms with E-state index in [4.69, 9.17) is 0 Å². The van der Waals surface area contributed by atoms with Crippen LogP contribution in [0.4, 0.5) is 10.3 Å². The first-order valence-corrected chi connectivity index (χ1v) is 8.47. The number of carbonyl (C=O) groups excluding carboxylic acids is 2. The summed E-state index contributed by atoms with van der Waals surface area (Å²) < 4.78 is 13.9.